The Morgan fingerprint density at radius 3 is 2.50 bits per heavy atom. The van der Waals surface area contributed by atoms with Crippen LogP contribution in [0.1, 0.15) is 52.8 Å². The molecule has 3 aromatic rings. The molecule has 0 bridgehead atoms. The van der Waals surface area contributed by atoms with E-state index in [1.54, 1.807) is 19.3 Å². The average Bonchev–Trinajstić information content (AvgIpc) is 3.36. The molecule has 1 aromatic carbocycles. The SMILES string of the molecule is Cc1cc(C(=O)O[C@H](C)C(=O)NC[C@H](C)c2ccccc2)c(C)n1Cc1ccco1. The number of hydrogen-bond acceptors (Lipinski definition) is 4. The van der Waals surface area contributed by atoms with E-state index in [4.69, 9.17) is 9.15 Å². The molecule has 1 N–H and O–H groups in total. The lowest BCUT2D eigenvalue weighted by molar-refractivity contribution is -0.129. The zero-order chi connectivity index (χ0) is 21.7. The van der Waals surface area contributed by atoms with Crippen LogP contribution in [0.25, 0.3) is 0 Å². The molecule has 0 spiro atoms. The van der Waals surface area contributed by atoms with Gasteiger partial charge in [0.1, 0.15) is 5.76 Å². The summed E-state index contributed by atoms with van der Waals surface area (Å²) in [5.74, 6) is 0.152. The molecule has 0 fully saturated rings. The number of carbonyl (C=O) groups excluding carboxylic acids is 2. The van der Waals surface area contributed by atoms with Crippen molar-refractivity contribution in [3.63, 3.8) is 0 Å². The van der Waals surface area contributed by atoms with Crippen LogP contribution in [0.5, 0.6) is 0 Å². The van der Waals surface area contributed by atoms with E-state index in [0.717, 1.165) is 22.7 Å². The Morgan fingerprint density at radius 1 is 1.10 bits per heavy atom. The molecule has 1 amide bonds. The highest BCUT2D eigenvalue weighted by molar-refractivity contribution is 5.93. The normalized spacial score (nSPS) is 12.9. The van der Waals surface area contributed by atoms with Crippen molar-refractivity contribution < 1.29 is 18.7 Å². The number of ether oxygens (including phenoxy) is 1. The predicted octanol–water partition coefficient (Wildman–Crippen LogP) is 4.21. The van der Waals surface area contributed by atoms with Crippen molar-refractivity contribution in [3.05, 3.63) is 83.1 Å². The van der Waals surface area contributed by atoms with E-state index < -0.39 is 12.1 Å². The summed E-state index contributed by atoms with van der Waals surface area (Å²) < 4.78 is 12.8. The maximum atomic E-state index is 12.7. The zero-order valence-corrected chi connectivity index (χ0v) is 17.8. The summed E-state index contributed by atoms with van der Waals surface area (Å²) in [5.41, 5.74) is 3.30. The summed E-state index contributed by atoms with van der Waals surface area (Å²) >= 11 is 0. The highest BCUT2D eigenvalue weighted by atomic mass is 16.5. The number of furan rings is 1. The van der Waals surface area contributed by atoms with Gasteiger partial charge in [0.15, 0.2) is 6.10 Å². The second-order valence-corrected chi connectivity index (χ2v) is 7.55. The standard InChI is InChI=1S/C24H28N2O4/c1-16(20-9-6-5-7-10-20)14-25-23(27)19(4)30-24(28)22-13-17(2)26(18(22)3)15-21-11-8-12-29-21/h5-13,16,19H,14-15H2,1-4H3,(H,25,27)/t16-,19+/m0/s1. The fourth-order valence-electron chi connectivity index (χ4n) is 3.38. The topological polar surface area (TPSA) is 73.5 Å². The van der Waals surface area contributed by atoms with Crippen molar-refractivity contribution in [1.82, 2.24) is 9.88 Å². The lowest BCUT2D eigenvalue weighted by Crippen LogP contribution is -2.37. The minimum atomic E-state index is -0.881. The van der Waals surface area contributed by atoms with Crippen LogP contribution in [-0.2, 0) is 16.1 Å². The lowest BCUT2D eigenvalue weighted by Gasteiger charge is -2.17. The van der Waals surface area contributed by atoms with Crippen molar-refractivity contribution in [2.45, 2.75) is 46.3 Å². The fourth-order valence-corrected chi connectivity index (χ4v) is 3.38. The summed E-state index contributed by atoms with van der Waals surface area (Å²) in [6.07, 6.45) is 0.742. The summed E-state index contributed by atoms with van der Waals surface area (Å²) in [5, 5.41) is 2.86. The molecule has 0 saturated heterocycles. The molecular weight excluding hydrogens is 380 g/mol. The average molecular weight is 408 g/mol. The quantitative estimate of drug-likeness (QED) is 0.567. The highest BCUT2D eigenvalue weighted by Crippen LogP contribution is 2.19. The van der Waals surface area contributed by atoms with E-state index >= 15 is 0 Å². The van der Waals surface area contributed by atoms with Gasteiger partial charge in [-0.15, -0.1) is 0 Å². The molecule has 6 nitrogen and oxygen atoms in total. The molecule has 0 radical (unpaired) electrons. The first kappa shape index (κ1) is 21.4. The van der Waals surface area contributed by atoms with Crippen molar-refractivity contribution >= 4 is 11.9 Å². The summed E-state index contributed by atoms with van der Waals surface area (Å²) in [6.45, 7) is 8.42. The molecule has 2 aromatic heterocycles. The number of rotatable bonds is 8. The molecule has 6 heteroatoms. The van der Waals surface area contributed by atoms with Crippen LogP contribution in [-0.4, -0.2) is 29.1 Å². The van der Waals surface area contributed by atoms with E-state index in [9.17, 15) is 9.59 Å². The number of nitrogens with one attached hydrogen (secondary N) is 1. The summed E-state index contributed by atoms with van der Waals surface area (Å²) in [7, 11) is 0. The van der Waals surface area contributed by atoms with Gasteiger partial charge in [0, 0.05) is 17.9 Å². The van der Waals surface area contributed by atoms with Gasteiger partial charge in [0.2, 0.25) is 0 Å². The lowest BCUT2D eigenvalue weighted by atomic mass is 10.0. The molecule has 0 aliphatic rings. The number of aryl methyl sites for hydroxylation is 1. The van der Waals surface area contributed by atoms with Crippen LogP contribution >= 0.6 is 0 Å². The molecule has 0 unspecified atom stereocenters. The van der Waals surface area contributed by atoms with Crippen molar-refractivity contribution in [2.24, 2.45) is 0 Å². The van der Waals surface area contributed by atoms with Gasteiger partial charge in [-0.1, -0.05) is 37.3 Å². The Kier molecular flexibility index (Phi) is 6.77. The third kappa shape index (κ3) is 5.00. The molecule has 158 valence electrons. The molecule has 2 heterocycles. The predicted molar refractivity (Wildman–Crippen MR) is 114 cm³/mol. The van der Waals surface area contributed by atoms with E-state index in [1.165, 1.54) is 0 Å². The smallest absolute Gasteiger partial charge is 0.340 e. The van der Waals surface area contributed by atoms with E-state index in [2.05, 4.69) is 5.32 Å². The third-order valence-corrected chi connectivity index (χ3v) is 5.29. The number of amides is 1. The van der Waals surface area contributed by atoms with E-state index in [1.807, 2.05) is 67.8 Å². The number of carbonyl (C=O) groups is 2. The second kappa shape index (κ2) is 9.48. The monoisotopic (exact) mass is 408 g/mol. The van der Waals surface area contributed by atoms with Crippen molar-refractivity contribution in [3.8, 4) is 0 Å². The molecule has 0 aliphatic heterocycles. The van der Waals surface area contributed by atoms with Crippen LogP contribution in [0.15, 0.2) is 59.2 Å². The van der Waals surface area contributed by atoms with Crippen LogP contribution in [0.4, 0.5) is 0 Å². The second-order valence-electron chi connectivity index (χ2n) is 7.55. The Hall–Kier alpha value is -3.28. The number of nitrogens with zero attached hydrogens (tertiary/aromatic N) is 1. The largest absolute Gasteiger partial charge is 0.467 e. The molecule has 3 rings (SSSR count). The highest BCUT2D eigenvalue weighted by Gasteiger charge is 2.23. The van der Waals surface area contributed by atoms with Gasteiger partial charge >= 0.3 is 5.97 Å². The van der Waals surface area contributed by atoms with E-state index in [-0.39, 0.29) is 11.8 Å². The van der Waals surface area contributed by atoms with Gasteiger partial charge < -0.3 is 19.0 Å². The van der Waals surface area contributed by atoms with Crippen molar-refractivity contribution in [2.75, 3.05) is 6.54 Å². The van der Waals surface area contributed by atoms with Gasteiger partial charge in [-0.2, -0.15) is 0 Å². The van der Waals surface area contributed by atoms with Crippen LogP contribution in [0.2, 0.25) is 0 Å². The number of aromatic nitrogens is 1. The maximum absolute atomic E-state index is 12.7. The molecule has 0 saturated carbocycles. The van der Waals surface area contributed by atoms with Crippen LogP contribution in [0.3, 0.4) is 0 Å². The van der Waals surface area contributed by atoms with Gasteiger partial charge in [-0.3, -0.25) is 4.79 Å². The van der Waals surface area contributed by atoms with Gasteiger partial charge in [-0.05, 0) is 50.5 Å². The first-order valence-corrected chi connectivity index (χ1v) is 10.1. The maximum Gasteiger partial charge on any atom is 0.340 e. The summed E-state index contributed by atoms with van der Waals surface area (Å²) in [6, 6.07) is 15.5. The van der Waals surface area contributed by atoms with Crippen LogP contribution in [0, 0.1) is 13.8 Å². The minimum Gasteiger partial charge on any atom is -0.467 e. The van der Waals surface area contributed by atoms with Gasteiger partial charge in [0.25, 0.3) is 5.91 Å². The number of benzene rings is 1. The third-order valence-electron chi connectivity index (χ3n) is 5.29. The number of hydrogen-bond donors (Lipinski definition) is 1. The van der Waals surface area contributed by atoms with Gasteiger partial charge in [0.05, 0.1) is 18.4 Å². The van der Waals surface area contributed by atoms with Gasteiger partial charge in [-0.25, -0.2) is 4.79 Å². The Bertz CT molecular complexity index is 990. The fraction of sp³-hybridized carbons (Fsp3) is 0.333. The Morgan fingerprint density at radius 2 is 1.83 bits per heavy atom. The Balaban J connectivity index is 1.58. The molecule has 30 heavy (non-hydrogen) atoms. The zero-order valence-electron chi connectivity index (χ0n) is 17.8. The van der Waals surface area contributed by atoms with Crippen LogP contribution < -0.4 is 5.32 Å². The molecule has 2 atom stereocenters. The summed E-state index contributed by atoms with van der Waals surface area (Å²) in [4.78, 5) is 25.1. The molecular formula is C24H28N2O4. The van der Waals surface area contributed by atoms with E-state index in [0.29, 0.717) is 18.7 Å². The first-order chi connectivity index (χ1) is 14.4. The Labute approximate surface area is 176 Å². The minimum absolute atomic E-state index is 0.165. The van der Waals surface area contributed by atoms with Crippen molar-refractivity contribution in [1.29, 1.82) is 0 Å². The molecule has 0 aliphatic carbocycles. The first-order valence-electron chi connectivity index (χ1n) is 10.1. The number of esters is 1.